The summed E-state index contributed by atoms with van der Waals surface area (Å²) < 4.78 is 0. The highest BCUT2D eigenvalue weighted by Gasteiger charge is 2.14. The normalized spacial score (nSPS) is 16.1. The van der Waals surface area contributed by atoms with Crippen molar-refractivity contribution in [3.8, 4) is 5.75 Å². The topological polar surface area (TPSA) is 55.8 Å². The summed E-state index contributed by atoms with van der Waals surface area (Å²) in [6.45, 7) is 5.77. The minimum atomic E-state index is 0.0432. The molecule has 0 bridgehead atoms. The number of amides is 1. The molecule has 5 heteroatoms. The number of aromatic hydroxyl groups is 1. The molecule has 1 aliphatic heterocycles. The Morgan fingerprint density at radius 2 is 2.05 bits per heavy atom. The number of likely N-dealkylation sites (N-methyl/N-ethyl adjacent to an activating group) is 1. The van der Waals surface area contributed by atoms with Crippen LogP contribution in [0.25, 0.3) is 0 Å². The van der Waals surface area contributed by atoms with E-state index in [1.807, 2.05) is 13.1 Å². The molecule has 0 spiro atoms. The molecule has 1 aliphatic rings. The summed E-state index contributed by atoms with van der Waals surface area (Å²) in [6, 6.07) is 7.00. The molecule has 20 heavy (non-hydrogen) atoms. The number of hydrogen-bond donors (Lipinski definition) is 2. The number of piperazine rings is 1. The number of phenols is 1. The van der Waals surface area contributed by atoms with Crippen LogP contribution >= 0.6 is 0 Å². The van der Waals surface area contributed by atoms with Crippen molar-refractivity contribution >= 4 is 5.91 Å². The monoisotopic (exact) mass is 277 g/mol. The first-order valence-corrected chi connectivity index (χ1v) is 7.11. The van der Waals surface area contributed by atoms with Gasteiger partial charge in [-0.3, -0.25) is 9.69 Å². The fourth-order valence-electron chi connectivity index (χ4n) is 2.31. The Balaban J connectivity index is 1.78. The van der Waals surface area contributed by atoms with E-state index in [1.165, 1.54) is 0 Å². The van der Waals surface area contributed by atoms with Crippen molar-refractivity contribution in [3.05, 3.63) is 29.8 Å². The van der Waals surface area contributed by atoms with Gasteiger partial charge in [0.1, 0.15) is 5.75 Å². The van der Waals surface area contributed by atoms with E-state index in [1.54, 1.807) is 23.1 Å². The van der Waals surface area contributed by atoms with E-state index in [9.17, 15) is 9.90 Å². The summed E-state index contributed by atoms with van der Waals surface area (Å²) in [7, 11) is 1.82. The summed E-state index contributed by atoms with van der Waals surface area (Å²) in [5.41, 5.74) is 0.687. The second-order valence-corrected chi connectivity index (χ2v) is 5.21. The zero-order valence-corrected chi connectivity index (χ0v) is 12.0. The number of nitrogens with one attached hydrogen (secondary N) is 1. The first kappa shape index (κ1) is 14.8. The number of hydrogen-bond acceptors (Lipinski definition) is 4. The third-order valence-corrected chi connectivity index (χ3v) is 3.72. The molecule has 1 heterocycles. The third kappa shape index (κ3) is 4.21. The molecular formula is C15H23N3O2. The average Bonchev–Trinajstić information content (AvgIpc) is 2.48. The molecule has 2 N–H and O–H groups in total. The smallest absolute Gasteiger partial charge is 0.226 e. The Morgan fingerprint density at radius 3 is 2.75 bits per heavy atom. The molecule has 0 unspecified atom stereocenters. The van der Waals surface area contributed by atoms with Gasteiger partial charge in [-0.25, -0.2) is 0 Å². The lowest BCUT2D eigenvalue weighted by molar-refractivity contribution is -0.129. The molecule has 0 saturated carbocycles. The Bertz CT molecular complexity index is 444. The van der Waals surface area contributed by atoms with E-state index in [0.717, 1.165) is 39.3 Å². The fraction of sp³-hybridized carbons (Fsp3) is 0.533. The maximum Gasteiger partial charge on any atom is 0.226 e. The number of phenolic OH excluding ortho intramolecular Hbond substituents is 1. The number of rotatable bonds is 5. The summed E-state index contributed by atoms with van der Waals surface area (Å²) in [4.78, 5) is 16.2. The maximum atomic E-state index is 12.1. The highest BCUT2D eigenvalue weighted by Crippen LogP contribution is 2.16. The lowest BCUT2D eigenvalue weighted by Gasteiger charge is -2.29. The van der Waals surface area contributed by atoms with Gasteiger partial charge in [-0.1, -0.05) is 18.2 Å². The van der Waals surface area contributed by atoms with E-state index in [2.05, 4.69) is 10.2 Å². The molecule has 0 aromatic heterocycles. The number of carbonyl (C=O) groups excluding carboxylic acids is 1. The van der Waals surface area contributed by atoms with Crippen LogP contribution in [0.5, 0.6) is 5.75 Å². The van der Waals surface area contributed by atoms with Gasteiger partial charge in [-0.2, -0.15) is 0 Å². The van der Waals surface area contributed by atoms with Crippen LogP contribution in [0.4, 0.5) is 0 Å². The molecule has 5 nitrogen and oxygen atoms in total. The van der Waals surface area contributed by atoms with Crippen LogP contribution in [0, 0.1) is 0 Å². The highest BCUT2D eigenvalue weighted by atomic mass is 16.3. The van der Waals surface area contributed by atoms with Crippen molar-refractivity contribution in [1.29, 1.82) is 0 Å². The van der Waals surface area contributed by atoms with Crippen LogP contribution in [0.3, 0.4) is 0 Å². The van der Waals surface area contributed by atoms with Crippen molar-refractivity contribution in [2.45, 2.75) is 6.42 Å². The predicted octanol–water partition coefficient (Wildman–Crippen LogP) is 0.298. The highest BCUT2D eigenvalue weighted by molar-refractivity contribution is 5.79. The van der Waals surface area contributed by atoms with E-state index in [0.29, 0.717) is 5.56 Å². The minimum absolute atomic E-state index is 0.0432. The largest absolute Gasteiger partial charge is 0.508 e. The quantitative estimate of drug-likeness (QED) is 0.813. The first-order valence-electron chi connectivity index (χ1n) is 7.11. The van der Waals surface area contributed by atoms with Crippen molar-refractivity contribution in [2.75, 3.05) is 46.3 Å². The van der Waals surface area contributed by atoms with Gasteiger partial charge in [0, 0.05) is 51.9 Å². The molecule has 1 saturated heterocycles. The zero-order valence-electron chi connectivity index (χ0n) is 12.0. The van der Waals surface area contributed by atoms with Crippen LogP contribution < -0.4 is 5.32 Å². The molecule has 1 fully saturated rings. The van der Waals surface area contributed by atoms with Gasteiger partial charge >= 0.3 is 0 Å². The van der Waals surface area contributed by atoms with Gasteiger partial charge in [0.2, 0.25) is 5.91 Å². The number of para-hydroxylation sites is 1. The summed E-state index contributed by atoms with van der Waals surface area (Å²) in [6.07, 6.45) is 0.255. The van der Waals surface area contributed by atoms with Gasteiger partial charge in [0.15, 0.2) is 0 Å². The standard InChI is InChI=1S/C15H23N3O2/c1-17(10-11-18-8-6-16-7-9-18)15(20)12-13-4-2-3-5-14(13)19/h2-5,16,19H,6-12H2,1H3. The van der Waals surface area contributed by atoms with Gasteiger partial charge < -0.3 is 15.3 Å². The Hall–Kier alpha value is -1.59. The van der Waals surface area contributed by atoms with Crippen LogP contribution in [-0.2, 0) is 11.2 Å². The molecule has 1 aromatic carbocycles. The van der Waals surface area contributed by atoms with Crippen LogP contribution in [-0.4, -0.2) is 67.1 Å². The lowest BCUT2D eigenvalue weighted by Crippen LogP contribution is -2.46. The van der Waals surface area contributed by atoms with Crippen molar-refractivity contribution in [3.63, 3.8) is 0 Å². The second kappa shape index (κ2) is 7.26. The van der Waals surface area contributed by atoms with Crippen LogP contribution in [0.1, 0.15) is 5.56 Å². The van der Waals surface area contributed by atoms with Gasteiger partial charge in [-0.15, -0.1) is 0 Å². The second-order valence-electron chi connectivity index (χ2n) is 5.21. The summed E-state index contributed by atoms with van der Waals surface area (Å²) in [5, 5.41) is 13.0. The van der Waals surface area contributed by atoms with E-state index in [4.69, 9.17) is 0 Å². The van der Waals surface area contributed by atoms with Crippen LogP contribution in [0.15, 0.2) is 24.3 Å². The molecule has 1 aromatic rings. The number of benzene rings is 1. The first-order chi connectivity index (χ1) is 9.66. The molecule has 1 amide bonds. The van der Waals surface area contributed by atoms with Crippen molar-refractivity contribution < 1.29 is 9.90 Å². The Labute approximate surface area is 120 Å². The number of carbonyl (C=O) groups is 1. The van der Waals surface area contributed by atoms with E-state index >= 15 is 0 Å². The Morgan fingerprint density at radius 1 is 1.35 bits per heavy atom. The van der Waals surface area contributed by atoms with Gasteiger partial charge in [0.05, 0.1) is 6.42 Å². The van der Waals surface area contributed by atoms with Crippen LogP contribution in [0.2, 0.25) is 0 Å². The zero-order chi connectivity index (χ0) is 14.4. The molecular weight excluding hydrogens is 254 g/mol. The van der Waals surface area contributed by atoms with Gasteiger partial charge in [0.25, 0.3) is 0 Å². The van der Waals surface area contributed by atoms with Crippen molar-refractivity contribution in [1.82, 2.24) is 15.1 Å². The molecule has 0 aliphatic carbocycles. The predicted molar refractivity (Wildman–Crippen MR) is 78.8 cm³/mol. The SMILES string of the molecule is CN(CCN1CCNCC1)C(=O)Cc1ccccc1O. The molecule has 2 rings (SSSR count). The molecule has 110 valence electrons. The fourth-order valence-corrected chi connectivity index (χ4v) is 2.31. The maximum absolute atomic E-state index is 12.1. The van der Waals surface area contributed by atoms with Crippen molar-refractivity contribution in [2.24, 2.45) is 0 Å². The Kier molecular flexibility index (Phi) is 5.38. The van der Waals surface area contributed by atoms with E-state index in [-0.39, 0.29) is 18.1 Å². The summed E-state index contributed by atoms with van der Waals surface area (Å²) >= 11 is 0. The summed E-state index contributed by atoms with van der Waals surface area (Å²) in [5.74, 6) is 0.234. The average molecular weight is 277 g/mol. The number of nitrogens with zero attached hydrogens (tertiary/aromatic N) is 2. The third-order valence-electron chi connectivity index (χ3n) is 3.72. The van der Waals surface area contributed by atoms with Gasteiger partial charge in [-0.05, 0) is 6.07 Å². The molecule has 0 radical (unpaired) electrons. The minimum Gasteiger partial charge on any atom is -0.508 e. The molecule has 0 atom stereocenters. The van der Waals surface area contributed by atoms with E-state index < -0.39 is 0 Å². The lowest BCUT2D eigenvalue weighted by atomic mass is 10.1.